The Bertz CT molecular complexity index is 981. The summed E-state index contributed by atoms with van der Waals surface area (Å²) in [6.45, 7) is 1.89. The number of hydrogen-bond acceptors (Lipinski definition) is 3. The zero-order chi connectivity index (χ0) is 18.8. The van der Waals surface area contributed by atoms with Crippen LogP contribution in [0.25, 0.3) is 10.9 Å². The molecule has 0 saturated heterocycles. The average molecular weight is 446 g/mol. The van der Waals surface area contributed by atoms with Gasteiger partial charge in [-0.05, 0) is 39.9 Å². The number of hydrogen-bond donors (Lipinski definition) is 2. The van der Waals surface area contributed by atoms with Crippen molar-refractivity contribution in [1.82, 2.24) is 15.2 Å². The number of benzene rings is 1. The molecule has 1 aromatic carbocycles. The second-order valence-electron chi connectivity index (χ2n) is 6.68. The van der Waals surface area contributed by atoms with Gasteiger partial charge in [-0.25, -0.2) is 0 Å². The van der Waals surface area contributed by atoms with Gasteiger partial charge in [0.25, 0.3) is 5.91 Å². The molecule has 0 spiro atoms. The predicted molar refractivity (Wildman–Crippen MR) is 111 cm³/mol. The van der Waals surface area contributed by atoms with E-state index in [1.165, 1.54) is 28.0 Å². The number of thiophene rings is 1. The van der Waals surface area contributed by atoms with Gasteiger partial charge >= 0.3 is 0 Å². The van der Waals surface area contributed by atoms with Crippen LogP contribution in [0, 0.1) is 0 Å². The molecule has 2 aromatic heterocycles. The molecule has 4 rings (SSSR count). The van der Waals surface area contributed by atoms with Crippen molar-refractivity contribution in [2.24, 2.45) is 0 Å². The number of nitrogens with zero attached hydrogens (tertiary/aromatic N) is 1. The number of carbonyl (C=O) groups excluding carboxylic acids is 2. The average Bonchev–Trinajstić information content (AvgIpc) is 3.33. The Balaban J connectivity index is 1.32. The number of H-pyrrole nitrogens is 1. The van der Waals surface area contributed by atoms with Gasteiger partial charge < -0.3 is 15.2 Å². The van der Waals surface area contributed by atoms with Crippen LogP contribution < -0.4 is 5.32 Å². The first-order valence-corrected chi connectivity index (χ1v) is 10.7. The minimum absolute atomic E-state index is 0.0734. The van der Waals surface area contributed by atoms with Crippen molar-refractivity contribution in [2.75, 3.05) is 13.1 Å². The van der Waals surface area contributed by atoms with Crippen molar-refractivity contribution in [3.8, 4) is 0 Å². The van der Waals surface area contributed by atoms with Gasteiger partial charge in [0.15, 0.2) is 0 Å². The van der Waals surface area contributed by atoms with Crippen LogP contribution in [0.1, 0.15) is 34.5 Å². The van der Waals surface area contributed by atoms with E-state index in [1.807, 2.05) is 27.8 Å². The quantitative estimate of drug-likeness (QED) is 0.580. The van der Waals surface area contributed by atoms with Crippen LogP contribution in [0.2, 0.25) is 0 Å². The van der Waals surface area contributed by atoms with Crippen LogP contribution in [0.4, 0.5) is 0 Å². The number of rotatable bonds is 5. The summed E-state index contributed by atoms with van der Waals surface area (Å²) in [7, 11) is 0. The Morgan fingerprint density at radius 2 is 2.19 bits per heavy atom. The Labute approximate surface area is 169 Å². The maximum Gasteiger partial charge on any atom is 0.252 e. The van der Waals surface area contributed by atoms with E-state index in [1.54, 1.807) is 6.07 Å². The third kappa shape index (κ3) is 3.80. The van der Waals surface area contributed by atoms with E-state index in [0.717, 1.165) is 23.0 Å². The van der Waals surface area contributed by atoms with E-state index < -0.39 is 0 Å². The number of carbonyl (C=O) groups is 2. The molecule has 140 valence electrons. The summed E-state index contributed by atoms with van der Waals surface area (Å²) in [5.41, 5.74) is 4.23. The van der Waals surface area contributed by atoms with Crippen molar-refractivity contribution < 1.29 is 9.59 Å². The lowest BCUT2D eigenvalue weighted by Gasteiger charge is -2.27. The lowest BCUT2D eigenvalue weighted by Crippen LogP contribution is -2.36. The normalized spacial score (nSPS) is 13.6. The van der Waals surface area contributed by atoms with E-state index in [-0.39, 0.29) is 11.8 Å². The molecule has 0 fully saturated rings. The van der Waals surface area contributed by atoms with E-state index in [0.29, 0.717) is 31.5 Å². The molecule has 2 N–H and O–H groups in total. The smallest absolute Gasteiger partial charge is 0.252 e. The minimum Gasteiger partial charge on any atom is -0.357 e. The lowest BCUT2D eigenvalue weighted by atomic mass is 10.0. The van der Waals surface area contributed by atoms with Gasteiger partial charge in [-0.3, -0.25) is 9.59 Å². The van der Waals surface area contributed by atoms with Gasteiger partial charge in [-0.15, -0.1) is 0 Å². The molecule has 3 heterocycles. The Kier molecular flexibility index (Phi) is 5.31. The molecule has 0 saturated carbocycles. The maximum absolute atomic E-state index is 12.6. The van der Waals surface area contributed by atoms with Crippen LogP contribution in [0.5, 0.6) is 0 Å². The molecule has 1 aliphatic rings. The van der Waals surface area contributed by atoms with E-state index in [2.05, 4.69) is 32.3 Å². The summed E-state index contributed by atoms with van der Waals surface area (Å²) in [5.74, 6) is 0.0745. The molecule has 7 heteroatoms. The highest BCUT2D eigenvalue weighted by Gasteiger charge is 2.24. The third-order valence-electron chi connectivity index (χ3n) is 4.95. The van der Waals surface area contributed by atoms with Crippen molar-refractivity contribution in [3.05, 3.63) is 56.3 Å². The van der Waals surface area contributed by atoms with Gasteiger partial charge in [0, 0.05) is 64.5 Å². The topological polar surface area (TPSA) is 65.2 Å². The molecule has 0 bridgehead atoms. The SMILES string of the molecule is O=C(NCCCC(=O)N1CCc2[nH]c3c(Br)cccc3c2C1)c1ccsc1. The predicted octanol–water partition coefficient (Wildman–Crippen LogP) is 4.09. The molecule has 0 aliphatic carbocycles. The molecule has 3 aromatic rings. The molecule has 0 unspecified atom stereocenters. The first-order valence-electron chi connectivity index (χ1n) is 8.99. The summed E-state index contributed by atoms with van der Waals surface area (Å²) in [5, 5.41) is 7.76. The number of fused-ring (bicyclic) bond motifs is 3. The molecule has 0 atom stereocenters. The number of aromatic amines is 1. The summed E-state index contributed by atoms with van der Waals surface area (Å²) in [4.78, 5) is 29.9. The molecular weight excluding hydrogens is 426 g/mol. The number of aromatic nitrogens is 1. The van der Waals surface area contributed by atoms with Crippen LogP contribution >= 0.6 is 27.3 Å². The largest absolute Gasteiger partial charge is 0.357 e. The number of nitrogens with one attached hydrogen (secondary N) is 2. The first-order chi connectivity index (χ1) is 13.1. The summed E-state index contributed by atoms with van der Waals surface area (Å²) in [6, 6.07) is 7.95. The fourth-order valence-corrected chi connectivity index (χ4v) is 4.61. The summed E-state index contributed by atoms with van der Waals surface area (Å²) in [6.07, 6.45) is 1.94. The zero-order valence-electron chi connectivity index (χ0n) is 14.8. The Hall–Kier alpha value is -2.12. The van der Waals surface area contributed by atoms with Gasteiger partial charge in [0.05, 0.1) is 5.52 Å². The third-order valence-corrected chi connectivity index (χ3v) is 6.29. The monoisotopic (exact) mass is 445 g/mol. The first kappa shape index (κ1) is 18.3. The molecular formula is C20H20BrN3O2S. The van der Waals surface area contributed by atoms with E-state index in [9.17, 15) is 9.59 Å². The molecule has 1 aliphatic heterocycles. The van der Waals surface area contributed by atoms with Crippen LogP contribution in [0.15, 0.2) is 39.5 Å². The zero-order valence-corrected chi connectivity index (χ0v) is 17.2. The van der Waals surface area contributed by atoms with Gasteiger partial charge in [-0.2, -0.15) is 11.3 Å². The standard InChI is InChI=1S/C20H20BrN3O2S/c21-16-4-1-3-14-15-11-24(9-6-17(15)23-19(14)16)18(25)5-2-8-22-20(26)13-7-10-27-12-13/h1,3-4,7,10,12,23H,2,5-6,8-9,11H2,(H,22,26). The fraction of sp³-hybridized carbons (Fsp3) is 0.300. The Morgan fingerprint density at radius 3 is 3.00 bits per heavy atom. The van der Waals surface area contributed by atoms with Gasteiger partial charge in [-0.1, -0.05) is 12.1 Å². The van der Waals surface area contributed by atoms with E-state index in [4.69, 9.17) is 0 Å². The molecule has 27 heavy (non-hydrogen) atoms. The second kappa shape index (κ2) is 7.86. The lowest BCUT2D eigenvalue weighted by molar-refractivity contribution is -0.132. The summed E-state index contributed by atoms with van der Waals surface area (Å²) < 4.78 is 1.05. The highest BCUT2D eigenvalue weighted by Crippen LogP contribution is 2.31. The van der Waals surface area contributed by atoms with Crippen molar-refractivity contribution in [3.63, 3.8) is 0 Å². The van der Waals surface area contributed by atoms with E-state index >= 15 is 0 Å². The number of para-hydroxylation sites is 1. The van der Waals surface area contributed by atoms with Crippen molar-refractivity contribution >= 4 is 50.0 Å². The molecule has 5 nitrogen and oxygen atoms in total. The Morgan fingerprint density at radius 1 is 1.30 bits per heavy atom. The van der Waals surface area contributed by atoms with Crippen LogP contribution in [0.3, 0.4) is 0 Å². The van der Waals surface area contributed by atoms with Crippen molar-refractivity contribution in [1.29, 1.82) is 0 Å². The summed E-state index contributed by atoms with van der Waals surface area (Å²) >= 11 is 5.09. The maximum atomic E-state index is 12.6. The molecule has 2 amide bonds. The van der Waals surface area contributed by atoms with Gasteiger partial charge in [0.2, 0.25) is 5.91 Å². The minimum atomic E-state index is -0.0734. The van der Waals surface area contributed by atoms with Crippen LogP contribution in [-0.2, 0) is 17.8 Å². The van der Waals surface area contributed by atoms with Crippen LogP contribution in [-0.4, -0.2) is 34.8 Å². The van der Waals surface area contributed by atoms with Crippen molar-refractivity contribution in [2.45, 2.75) is 25.8 Å². The number of halogens is 1. The number of amides is 2. The highest BCUT2D eigenvalue weighted by atomic mass is 79.9. The highest BCUT2D eigenvalue weighted by molar-refractivity contribution is 9.10. The fourth-order valence-electron chi connectivity index (χ4n) is 3.51. The second-order valence-corrected chi connectivity index (χ2v) is 8.32. The van der Waals surface area contributed by atoms with Gasteiger partial charge in [0.1, 0.15) is 0 Å². The molecule has 0 radical (unpaired) electrons.